The predicted molar refractivity (Wildman–Crippen MR) is 72.0 cm³/mol. The molecule has 0 aliphatic carbocycles. The van der Waals surface area contributed by atoms with E-state index in [9.17, 15) is 4.79 Å². The van der Waals surface area contributed by atoms with Crippen LogP contribution in [0, 0.1) is 11.3 Å². The second-order valence-corrected chi connectivity index (χ2v) is 4.72. The lowest BCUT2D eigenvalue weighted by Crippen LogP contribution is -2.47. The van der Waals surface area contributed by atoms with Crippen molar-refractivity contribution in [3.8, 4) is 6.07 Å². The van der Waals surface area contributed by atoms with Gasteiger partial charge >= 0.3 is 5.97 Å². The lowest BCUT2D eigenvalue weighted by molar-refractivity contribution is -0.136. The first-order valence-electron chi connectivity index (χ1n) is 6.39. The second kappa shape index (κ2) is 6.21. The van der Waals surface area contributed by atoms with E-state index in [-0.39, 0.29) is 12.6 Å². The molecule has 100 valence electrons. The number of nitrogens with zero attached hydrogens (tertiary/aromatic N) is 2. The highest BCUT2D eigenvalue weighted by Gasteiger charge is 2.20. The van der Waals surface area contributed by atoms with Crippen molar-refractivity contribution in [1.82, 2.24) is 5.32 Å². The Balaban J connectivity index is 1.96. The zero-order valence-corrected chi connectivity index (χ0v) is 10.7. The topological polar surface area (TPSA) is 76.4 Å². The summed E-state index contributed by atoms with van der Waals surface area (Å²) in [4.78, 5) is 12.8. The molecule has 2 N–H and O–H groups in total. The number of carboxylic acids is 1. The molecule has 1 heterocycles. The minimum Gasteiger partial charge on any atom is -0.480 e. The van der Waals surface area contributed by atoms with Crippen LogP contribution in [0.15, 0.2) is 24.3 Å². The van der Waals surface area contributed by atoms with Gasteiger partial charge in [-0.25, -0.2) is 0 Å². The van der Waals surface area contributed by atoms with Crippen LogP contribution in [0.25, 0.3) is 0 Å². The molecule has 1 aliphatic heterocycles. The molecule has 1 aliphatic rings. The van der Waals surface area contributed by atoms with E-state index in [1.54, 1.807) is 0 Å². The van der Waals surface area contributed by atoms with Crippen LogP contribution >= 0.6 is 0 Å². The fourth-order valence-corrected chi connectivity index (χ4v) is 2.36. The van der Waals surface area contributed by atoms with E-state index in [2.05, 4.69) is 16.3 Å². The molecule has 2 rings (SSSR count). The summed E-state index contributed by atoms with van der Waals surface area (Å²) in [5.74, 6) is -0.824. The summed E-state index contributed by atoms with van der Waals surface area (Å²) < 4.78 is 0. The van der Waals surface area contributed by atoms with Crippen LogP contribution in [0.4, 0.5) is 5.69 Å². The maximum Gasteiger partial charge on any atom is 0.317 e. The Labute approximate surface area is 112 Å². The number of nitriles is 1. The van der Waals surface area contributed by atoms with E-state index in [4.69, 9.17) is 10.4 Å². The number of carbonyl (C=O) groups is 1. The van der Waals surface area contributed by atoms with Crippen LogP contribution in [0.2, 0.25) is 0 Å². The Hall–Kier alpha value is -2.06. The molecule has 1 aromatic carbocycles. The number of carboxylic acid groups (broad SMARTS) is 1. The molecule has 1 unspecified atom stereocenters. The Bertz CT molecular complexity index is 478. The lowest BCUT2D eigenvalue weighted by Gasteiger charge is -2.34. The molecule has 0 saturated carbocycles. The smallest absolute Gasteiger partial charge is 0.317 e. The third-order valence-corrected chi connectivity index (χ3v) is 3.32. The van der Waals surface area contributed by atoms with E-state index < -0.39 is 5.97 Å². The second-order valence-electron chi connectivity index (χ2n) is 4.72. The van der Waals surface area contributed by atoms with Crippen LogP contribution in [0.1, 0.15) is 18.4 Å². The third-order valence-electron chi connectivity index (χ3n) is 3.32. The average Bonchev–Trinajstić information content (AvgIpc) is 2.45. The van der Waals surface area contributed by atoms with Gasteiger partial charge in [-0.1, -0.05) is 0 Å². The van der Waals surface area contributed by atoms with Gasteiger partial charge in [-0.3, -0.25) is 4.79 Å². The van der Waals surface area contributed by atoms with E-state index >= 15 is 0 Å². The van der Waals surface area contributed by atoms with Gasteiger partial charge in [0.1, 0.15) is 0 Å². The van der Waals surface area contributed by atoms with E-state index in [0.717, 1.165) is 31.6 Å². The number of benzene rings is 1. The summed E-state index contributed by atoms with van der Waals surface area (Å²) in [6.07, 6.45) is 2.04. The number of piperidine rings is 1. The van der Waals surface area contributed by atoms with E-state index in [0.29, 0.717) is 5.56 Å². The van der Waals surface area contributed by atoms with Crippen LogP contribution in [0.3, 0.4) is 0 Å². The first-order chi connectivity index (χ1) is 9.19. The number of nitrogens with one attached hydrogen (secondary N) is 1. The Morgan fingerprint density at radius 1 is 1.47 bits per heavy atom. The summed E-state index contributed by atoms with van der Waals surface area (Å²) in [6, 6.07) is 9.81. The molecule has 0 radical (unpaired) electrons. The summed E-state index contributed by atoms with van der Waals surface area (Å²) >= 11 is 0. The van der Waals surface area contributed by atoms with Gasteiger partial charge < -0.3 is 15.3 Å². The highest BCUT2D eigenvalue weighted by Crippen LogP contribution is 2.20. The molecule has 0 amide bonds. The van der Waals surface area contributed by atoms with Gasteiger partial charge in [-0.15, -0.1) is 0 Å². The van der Waals surface area contributed by atoms with Crippen molar-refractivity contribution >= 4 is 11.7 Å². The van der Waals surface area contributed by atoms with Crippen LogP contribution < -0.4 is 10.2 Å². The molecule has 19 heavy (non-hydrogen) atoms. The molecule has 0 aromatic heterocycles. The number of aliphatic carboxylic acids is 1. The van der Waals surface area contributed by atoms with Crippen LogP contribution in [-0.2, 0) is 4.79 Å². The van der Waals surface area contributed by atoms with Gasteiger partial charge in [-0.05, 0) is 37.1 Å². The van der Waals surface area contributed by atoms with Gasteiger partial charge in [-0.2, -0.15) is 5.26 Å². The third kappa shape index (κ3) is 3.70. The first-order valence-corrected chi connectivity index (χ1v) is 6.39. The number of hydrogen-bond donors (Lipinski definition) is 2. The molecule has 1 atom stereocenters. The average molecular weight is 259 g/mol. The van der Waals surface area contributed by atoms with Crippen LogP contribution in [0.5, 0.6) is 0 Å². The van der Waals surface area contributed by atoms with Gasteiger partial charge in [0.2, 0.25) is 0 Å². The van der Waals surface area contributed by atoms with Crippen molar-refractivity contribution in [3.05, 3.63) is 29.8 Å². The summed E-state index contributed by atoms with van der Waals surface area (Å²) in [7, 11) is 0. The molecule has 1 fully saturated rings. The predicted octanol–water partition coefficient (Wildman–Crippen LogP) is 1.20. The Morgan fingerprint density at radius 2 is 2.21 bits per heavy atom. The molecule has 0 spiro atoms. The number of anilines is 1. The molecular formula is C14H17N3O2. The highest BCUT2D eigenvalue weighted by atomic mass is 16.4. The van der Waals surface area contributed by atoms with Gasteiger partial charge in [0.05, 0.1) is 18.2 Å². The van der Waals surface area contributed by atoms with Crippen molar-refractivity contribution in [1.29, 1.82) is 5.26 Å². The van der Waals surface area contributed by atoms with E-state index in [1.165, 1.54) is 0 Å². The number of rotatable bonds is 4. The lowest BCUT2D eigenvalue weighted by atomic mass is 10.0. The molecule has 1 saturated heterocycles. The Kier molecular flexibility index (Phi) is 4.37. The fraction of sp³-hybridized carbons (Fsp3) is 0.429. The molecule has 5 nitrogen and oxygen atoms in total. The van der Waals surface area contributed by atoms with Gasteiger partial charge in [0.15, 0.2) is 0 Å². The Morgan fingerprint density at radius 3 is 2.84 bits per heavy atom. The zero-order valence-electron chi connectivity index (χ0n) is 10.7. The van der Waals surface area contributed by atoms with Crippen molar-refractivity contribution in [2.45, 2.75) is 18.9 Å². The maximum absolute atomic E-state index is 10.6. The highest BCUT2D eigenvalue weighted by molar-refractivity contribution is 5.69. The zero-order chi connectivity index (χ0) is 13.7. The van der Waals surface area contributed by atoms with Crippen molar-refractivity contribution in [2.24, 2.45) is 0 Å². The van der Waals surface area contributed by atoms with Gasteiger partial charge in [0, 0.05) is 24.8 Å². The summed E-state index contributed by atoms with van der Waals surface area (Å²) in [6.45, 7) is 1.78. The maximum atomic E-state index is 10.6. The first kappa shape index (κ1) is 13.4. The minimum absolute atomic E-state index is 0.00583. The van der Waals surface area contributed by atoms with Crippen molar-refractivity contribution in [2.75, 3.05) is 24.5 Å². The van der Waals surface area contributed by atoms with Gasteiger partial charge in [0.25, 0.3) is 0 Å². The molecular weight excluding hydrogens is 242 g/mol. The monoisotopic (exact) mass is 259 g/mol. The summed E-state index contributed by atoms with van der Waals surface area (Å²) in [5.41, 5.74) is 1.74. The minimum atomic E-state index is -0.824. The van der Waals surface area contributed by atoms with Crippen molar-refractivity contribution in [3.63, 3.8) is 0 Å². The summed E-state index contributed by atoms with van der Waals surface area (Å²) in [5, 5.41) is 20.5. The van der Waals surface area contributed by atoms with Crippen LogP contribution in [-0.4, -0.2) is 36.8 Å². The standard InChI is InChI=1S/C14H17N3O2/c15-8-11-3-5-13(6-4-11)17-7-1-2-12(10-17)16-9-14(18)19/h3-6,12,16H,1-2,7,9-10H2,(H,18,19). The fourth-order valence-electron chi connectivity index (χ4n) is 2.36. The largest absolute Gasteiger partial charge is 0.480 e. The molecule has 0 bridgehead atoms. The number of hydrogen-bond acceptors (Lipinski definition) is 4. The molecule has 1 aromatic rings. The molecule has 5 heteroatoms. The SMILES string of the molecule is N#Cc1ccc(N2CCCC(NCC(=O)O)C2)cc1. The normalized spacial score (nSPS) is 18.9. The van der Waals surface area contributed by atoms with Crippen molar-refractivity contribution < 1.29 is 9.90 Å². The quantitative estimate of drug-likeness (QED) is 0.849. The van der Waals surface area contributed by atoms with E-state index in [1.807, 2.05) is 24.3 Å².